The van der Waals surface area contributed by atoms with Crippen LogP contribution in [0.5, 0.6) is 0 Å². The zero-order valence-corrected chi connectivity index (χ0v) is 13.3. The molecule has 3 rings (SSSR count). The number of aliphatic hydroxyl groups is 1. The van der Waals surface area contributed by atoms with Crippen LogP contribution in [0.25, 0.3) is 11.0 Å². The quantitative estimate of drug-likeness (QED) is 0.934. The summed E-state index contributed by atoms with van der Waals surface area (Å²) in [6, 6.07) is 8.17. The lowest BCUT2D eigenvalue weighted by atomic mass is 9.71. The van der Waals surface area contributed by atoms with Gasteiger partial charge in [-0.25, -0.2) is 4.98 Å². The van der Waals surface area contributed by atoms with Crippen molar-refractivity contribution < 1.29 is 5.11 Å². The molecular weight excluding hydrogens is 260 g/mol. The fraction of sp³-hybridized carbons (Fsp3) is 0.611. The molecule has 1 aromatic carbocycles. The molecule has 21 heavy (non-hydrogen) atoms. The minimum atomic E-state index is -0.267. The number of rotatable bonds is 3. The Balaban J connectivity index is 1.72. The zero-order chi connectivity index (χ0) is 15.0. The molecule has 0 spiro atoms. The predicted octanol–water partition coefficient (Wildman–Crippen LogP) is 3.69. The minimum absolute atomic E-state index is 0.267. The molecule has 1 saturated carbocycles. The second-order valence-corrected chi connectivity index (χ2v) is 7.35. The van der Waals surface area contributed by atoms with Crippen molar-refractivity contribution >= 4 is 11.0 Å². The van der Waals surface area contributed by atoms with Crippen LogP contribution in [0.2, 0.25) is 0 Å². The van der Waals surface area contributed by atoms with Gasteiger partial charge in [0.05, 0.1) is 17.1 Å². The summed E-state index contributed by atoms with van der Waals surface area (Å²) in [5.41, 5.74) is 2.62. The molecule has 0 amide bonds. The average Bonchev–Trinajstić information content (AvgIpc) is 2.76. The SMILES string of the molecule is Cn1c(CC(O)C2CCC(C)(C)CC2)nc2ccccc21. The number of para-hydroxylation sites is 2. The molecular formula is C18H26N2O. The molecule has 0 saturated heterocycles. The zero-order valence-electron chi connectivity index (χ0n) is 13.3. The van der Waals surface area contributed by atoms with E-state index in [1.54, 1.807) is 0 Å². The summed E-state index contributed by atoms with van der Waals surface area (Å²) in [6.07, 6.45) is 5.11. The third-order valence-electron chi connectivity index (χ3n) is 5.20. The van der Waals surface area contributed by atoms with Crippen LogP contribution >= 0.6 is 0 Å². The van der Waals surface area contributed by atoms with Crippen molar-refractivity contribution in [2.75, 3.05) is 0 Å². The van der Waals surface area contributed by atoms with E-state index in [1.807, 2.05) is 25.2 Å². The van der Waals surface area contributed by atoms with E-state index in [0.717, 1.165) is 29.7 Å². The van der Waals surface area contributed by atoms with Crippen molar-refractivity contribution in [3.63, 3.8) is 0 Å². The Labute approximate surface area is 127 Å². The van der Waals surface area contributed by atoms with Crippen molar-refractivity contribution in [1.29, 1.82) is 0 Å². The van der Waals surface area contributed by atoms with Crippen molar-refractivity contribution in [1.82, 2.24) is 9.55 Å². The van der Waals surface area contributed by atoms with Crippen LogP contribution in [-0.2, 0) is 13.5 Å². The van der Waals surface area contributed by atoms with Crippen molar-refractivity contribution in [2.24, 2.45) is 18.4 Å². The van der Waals surface area contributed by atoms with Crippen LogP contribution in [-0.4, -0.2) is 20.8 Å². The highest BCUT2D eigenvalue weighted by Crippen LogP contribution is 2.39. The van der Waals surface area contributed by atoms with Gasteiger partial charge in [0.25, 0.3) is 0 Å². The Morgan fingerprint density at radius 2 is 1.95 bits per heavy atom. The van der Waals surface area contributed by atoms with Gasteiger partial charge in [-0.15, -0.1) is 0 Å². The molecule has 0 radical (unpaired) electrons. The van der Waals surface area contributed by atoms with Gasteiger partial charge in [0.2, 0.25) is 0 Å². The number of hydrogen-bond donors (Lipinski definition) is 1. The lowest BCUT2D eigenvalue weighted by Crippen LogP contribution is -2.31. The van der Waals surface area contributed by atoms with Gasteiger partial charge in [-0.3, -0.25) is 0 Å². The predicted molar refractivity (Wildman–Crippen MR) is 86.2 cm³/mol. The van der Waals surface area contributed by atoms with Gasteiger partial charge in [0.15, 0.2) is 0 Å². The molecule has 1 unspecified atom stereocenters. The smallest absolute Gasteiger partial charge is 0.112 e. The largest absolute Gasteiger partial charge is 0.392 e. The van der Waals surface area contributed by atoms with E-state index in [4.69, 9.17) is 0 Å². The fourth-order valence-corrected chi connectivity index (χ4v) is 3.54. The van der Waals surface area contributed by atoms with Gasteiger partial charge < -0.3 is 9.67 Å². The number of aliphatic hydroxyl groups excluding tert-OH is 1. The van der Waals surface area contributed by atoms with Crippen molar-refractivity contribution in [3.05, 3.63) is 30.1 Å². The number of benzene rings is 1. The van der Waals surface area contributed by atoms with E-state index >= 15 is 0 Å². The lowest BCUT2D eigenvalue weighted by molar-refractivity contribution is 0.0560. The summed E-state index contributed by atoms with van der Waals surface area (Å²) in [7, 11) is 2.04. The number of aromatic nitrogens is 2. The molecule has 1 atom stereocenters. The number of fused-ring (bicyclic) bond motifs is 1. The molecule has 3 heteroatoms. The van der Waals surface area contributed by atoms with E-state index < -0.39 is 0 Å². The summed E-state index contributed by atoms with van der Waals surface area (Å²) in [5.74, 6) is 1.42. The monoisotopic (exact) mass is 286 g/mol. The Morgan fingerprint density at radius 3 is 2.62 bits per heavy atom. The normalized spacial score (nSPS) is 20.8. The van der Waals surface area contributed by atoms with E-state index in [9.17, 15) is 5.11 Å². The van der Waals surface area contributed by atoms with E-state index in [0.29, 0.717) is 17.8 Å². The van der Waals surface area contributed by atoms with Gasteiger partial charge in [-0.1, -0.05) is 26.0 Å². The molecule has 0 bridgehead atoms. The number of imidazole rings is 1. The summed E-state index contributed by atoms with van der Waals surface area (Å²) >= 11 is 0. The van der Waals surface area contributed by atoms with Crippen LogP contribution in [0, 0.1) is 11.3 Å². The van der Waals surface area contributed by atoms with Crippen LogP contribution in [0.1, 0.15) is 45.4 Å². The first-order valence-corrected chi connectivity index (χ1v) is 8.05. The van der Waals surface area contributed by atoms with Crippen LogP contribution in [0.4, 0.5) is 0 Å². The Morgan fingerprint density at radius 1 is 1.29 bits per heavy atom. The van der Waals surface area contributed by atoms with Gasteiger partial charge in [-0.2, -0.15) is 0 Å². The fourth-order valence-electron chi connectivity index (χ4n) is 3.54. The van der Waals surface area contributed by atoms with Gasteiger partial charge in [-0.05, 0) is 49.1 Å². The van der Waals surface area contributed by atoms with E-state index in [1.165, 1.54) is 12.8 Å². The Bertz CT molecular complexity index is 619. The molecule has 3 nitrogen and oxygen atoms in total. The summed E-state index contributed by atoms with van der Waals surface area (Å²) in [4.78, 5) is 4.68. The first-order chi connectivity index (χ1) is 9.96. The molecule has 1 aliphatic carbocycles. The highest BCUT2D eigenvalue weighted by Gasteiger charge is 2.31. The van der Waals surface area contributed by atoms with Crippen molar-refractivity contribution in [2.45, 2.75) is 52.1 Å². The Kier molecular flexibility index (Phi) is 3.78. The van der Waals surface area contributed by atoms with Crippen LogP contribution < -0.4 is 0 Å². The van der Waals surface area contributed by atoms with Gasteiger partial charge in [0.1, 0.15) is 5.82 Å². The first kappa shape index (κ1) is 14.6. The summed E-state index contributed by atoms with van der Waals surface area (Å²) < 4.78 is 2.12. The molecule has 1 aliphatic rings. The first-order valence-electron chi connectivity index (χ1n) is 8.05. The number of hydrogen-bond acceptors (Lipinski definition) is 2. The molecule has 1 heterocycles. The minimum Gasteiger partial charge on any atom is -0.392 e. The van der Waals surface area contributed by atoms with Gasteiger partial charge in [0, 0.05) is 13.5 Å². The maximum absolute atomic E-state index is 10.6. The summed E-state index contributed by atoms with van der Waals surface area (Å²) in [6.45, 7) is 4.67. The third-order valence-corrected chi connectivity index (χ3v) is 5.20. The molecule has 114 valence electrons. The maximum atomic E-state index is 10.6. The highest BCUT2D eigenvalue weighted by atomic mass is 16.3. The van der Waals surface area contributed by atoms with E-state index in [2.05, 4.69) is 29.5 Å². The van der Waals surface area contributed by atoms with Crippen LogP contribution in [0.15, 0.2) is 24.3 Å². The summed E-state index contributed by atoms with van der Waals surface area (Å²) in [5, 5.41) is 10.6. The molecule has 1 aromatic heterocycles. The van der Waals surface area contributed by atoms with E-state index in [-0.39, 0.29) is 6.10 Å². The topological polar surface area (TPSA) is 38.0 Å². The second-order valence-electron chi connectivity index (χ2n) is 7.35. The number of aryl methyl sites for hydroxylation is 1. The van der Waals surface area contributed by atoms with Gasteiger partial charge >= 0.3 is 0 Å². The molecule has 1 fully saturated rings. The van der Waals surface area contributed by atoms with Crippen LogP contribution in [0.3, 0.4) is 0 Å². The lowest BCUT2D eigenvalue weighted by Gasteiger charge is -2.36. The molecule has 0 aliphatic heterocycles. The average molecular weight is 286 g/mol. The third kappa shape index (κ3) is 2.98. The molecule has 2 aromatic rings. The second kappa shape index (κ2) is 5.45. The Hall–Kier alpha value is -1.35. The van der Waals surface area contributed by atoms with Crippen molar-refractivity contribution in [3.8, 4) is 0 Å². The maximum Gasteiger partial charge on any atom is 0.112 e. The standard InChI is InChI=1S/C18H26N2O/c1-18(2)10-8-13(9-11-18)16(21)12-17-19-14-6-4-5-7-15(14)20(17)3/h4-7,13,16,21H,8-12H2,1-3H3. The highest BCUT2D eigenvalue weighted by molar-refractivity contribution is 5.75. The molecule has 1 N–H and O–H groups in total. The number of nitrogens with zero attached hydrogens (tertiary/aromatic N) is 2.